The quantitative estimate of drug-likeness (QED) is 0.480. The van der Waals surface area contributed by atoms with Gasteiger partial charge in [-0.1, -0.05) is 17.7 Å². The lowest BCUT2D eigenvalue weighted by Crippen LogP contribution is -2.42. The second-order valence-electron chi connectivity index (χ2n) is 3.07. The molecule has 0 spiro atoms. The monoisotopic (exact) mass is 256 g/mol. The second-order valence-corrected chi connectivity index (χ2v) is 4.18. The van der Waals surface area contributed by atoms with E-state index in [1.54, 1.807) is 12.1 Å². The molecule has 1 aromatic carbocycles. The fourth-order valence-corrected chi connectivity index (χ4v) is 1.29. The predicted molar refractivity (Wildman–Crippen MR) is 69.1 cm³/mol. The van der Waals surface area contributed by atoms with Gasteiger partial charge in [0, 0.05) is 5.56 Å². The Morgan fingerprint density at radius 2 is 2.00 bits per heavy atom. The Bertz CT molecular complexity index is 392. The molecule has 0 aromatic heterocycles. The Hall–Kier alpha value is -1.11. The molecule has 0 aliphatic carbocycles. The van der Waals surface area contributed by atoms with E-state index in [0.717, 1.165) is 10.7 Å². The summed E-state index contributed by atoms with van der Waals surface area (Å²) in [5.74, 6) is -0.307. The SMILES string of the molecule is CON(NC(=O)c1ccc(C)cc1)C(=S)S. The summed E-state index contributed by atoms with van der Waals surface area (Å²) in [5.41, 5.74) is 4.07. The largest absolute Gasteiger partial charge is 0.271 e. The molecule has 0 aliphatic rings. The van der Waals surface area contributed by atoms with Gasteiger partial charge >= 0.3 is 0 Å². The van der Waals surface area contributed by atoms with E-state index in [0.29, 0.717) is 5.56 Å². The Morgan fingerprint density at radius 1 is 1.44 bits per heavy atom. The van der Waals surface area contributed by atoms with Gasteiger partial charge in [-0.2, -0.15) is 0 Å². The number of hydrogen-bond donors (Lipinski definition) is 2. The lowest BCUT2D eigenvalue weighted by Gasteiger charge is -2.19. The molecule has 6 heteroatoms. The lowest BCUT2D eigenvalue weighted by atomic mass is 10.1. The second kappa shape index (κ2) is 5.83. The van der Waals surface area contributed by atoms with Crippen LogP contribution in [0.15, 0.2) is 24.3 Å². The fraction of sp³-hybridized carbons (Fsp3) is 0.200. The van der Waals surface area contributed by atoms with Gasteiger partial charge in [-0.3, -0.25) is 9.63 Å². The molecule has 0 heterocycles. The summed E-state index contributed by atoms with van der Waals surface area (Å²) >= 11 is 8.65. The molecule has 0 bridgehead atoms. The zero-order chi connectivity index (χ0) is 12.1. The predicted octanol–water partition coefficient (Wildman–Crippen LogP) is 1.72. The molecule has 0 atom stereocenters. The molecule has 0 unspecified atom stereocenters. The van der Waals surface area contributed by atoms with Gasteiger partial charge in [0.15, 0.2) is 4.32 Å². The van der Waals surface area contributed by atoms with Crippen molar-refractivity contribution in [1.82, 2.24) is 10.6 Å². The normalized spacial score (nSPS) is 9.69. The molecule has 4 nitrogen and oxygen atoms in total. The van der Waals surface area contributed by atoms with E-state index in [2.05, 4.69) is 18.1 Å². The number of nitrogens with one attached hydrogen (secondary N) is 1. The third kappa shape index (κ3) is 3.48. The Morgan fingerprint density at radius 3 is 2.44 bits per heavy atom. The van der Waals surface area contributed by atoms with Crippen LogP contribution >= 0.6 is 24.8 Å². The van der Waals surface area contributed by atoms with E-state index in [1.165, 1.54) is 7.11 Å². The summed E-state index contributed by atoms with van der Waals surface area (Å²) in [6.07, 6.45) is 0. The van der Waals surface area contributed by atoms with Gasteiger partial charge in [-0.15, -0.1) is 17.8 Å². The molecule has 1 aromatic rings. The minimum absolute atomic E-state index is 0.128. The maximum atomic E-state index is 11.7. The number of carbonyl (C=O) groups excluding carboxylic acids is 1. The highest BCUT2D eigenvalue weighted by atomic mass is 32.1. The summed E-state index contributed by atoms with van der Waals surface area (Å²) in [7, 11) is 1.39. The van der Waals surface area contributed by atoms with Gasteiger partial charge in [-0.05, 0) is 31.3 Å². The maximum Gasteiger partial charge on any atom is 0.271 e. The number of hydrazine groups is 1. The lowest BCUT2D eigenvalue weighted by molar-refractivity contribution is -0.0901. The molecule has 0 radical (unpaired) electrons. The van der Waals surface area contributed by atoms with Gasteiger partial charge in [0.2, 0.25) is 0 Å². The van der Waals surface area contributed by atoms with Crippen molar-refractivity contribution in [1.29, 1.82) is 0 Å². The zero-order valence-electron chi connectivity index (χ0n) is 8.93. The van der Waals surface area contributed by atoms with E-state index in [1.807, 2.05) is 19.1 Å². The van der Waals surface area contributed by atoms with Crippen LogP contribution in [-0.2, 0) is 4.84 Å². The van der Waals surface area contributed by atoms with Crippen LogP contribution in [0.4, 0.5) is 0 Å². The van der Waals surface area contributed by atoms with E-state index in [4.69, 9.17) is 17.1 Å². The molecule has 1 N–H and O–H groups in total. The van der Waals surface area contributed by atoms with Crippen LogP contribution in [0, 0.1) is 6.92 Å². The topological polar surface area (TPSA) is 41.6 Å². The average molecular weight is 256 g/mol. The number of benzene rings is 1. The summed E-state index contributed by atoms with van der Waals surface area (Å²) < 4.78 is 0.128. The Kier molecular flexibility index (Phi) is 4.72. The first-order chi connectivity index (χ1) is 7.54. The Balaban J connectivity index is 2.71. The number of nitrogens with zero attached hydrogens (tertiary/aromatic N) is 1. The van der Waals surface area contributed by atoms with Gasteiger partial charge in [0.05, 0.1) is 7.11 Å². The number of aryl methyl sites for hydroxylation is 1. The van der Waals surface area contributed by atoms with Crippen molar-refractivity contribution in [2.75, 3.05) is 7.11 Å². The van der Waals surface area contributed by atoms with E-state index in [-0.39, 0.29) is 10.2 Å². The number of rotatable bonds is 2. The zero-order valence-corrected chi connectivity index (χ0v) is 10.6. The molecule has 1 amide bonds. The van der Waals surface area contributed by atoms with Gasteiger partial charge < -0.3 is 0 Å². The molecule has 1 rings (SSSR count). The van der Waals surface area contributed by atoms with Crippen molar-refractivity contribution in [3.8, 4) is 0 Å². The molecule has 0 saturated carbocycles. The van der Waals surface area contributed by atoms with Gasteiger partial charge in [-0.25, -0.2) is 5.43 Å². The number of hydrogen-bond acceptors (Lipinski definition) is 3. The molecule has 86 valence electrons. The summed E-state index contributed by atoms with van der Waals surface area (Å²) in [4.78, 5) is 16.5. The van der Waals surface area contributed by atoms with Crippen LogP contribution in [0.1, 0.15) is 15.9 Å². The smallest absolute Gasteiger partial charge is 0.267 e. The third-order valence-corrected chi connectivity index (χ3v) is 2.22. The van der Waals surface area contributed by atoms with Crippen molar-refractivity contribution in [3.63, 3.8) is 0 Å². The average Bonchev–Trinajstić information content (AvgIpc) is 2.26. The van der Waals surface area contributed by atoms with E-state index in [9.17, 15) is 4.79 Å². The molecule has 0 aliphatic heterocycles. The molecule has 0 fully saturated rings. The number of thiol groups is 1. The summed E-state index contributed by atoms with van der Waals surface area (Å²) in [6, 6.07) is 7.15. The third-order valence-electron chi connectivity index (χ3n) is 1.87. The van der Waals surface area contributed by atoms with Gasteiger partial charge in [0.25, 0.3) is 5.91 Å². The van der Waals surface area contributed by atoms with Crippen molar-refractivity contribution >= 4 is 35.1 Å². The van der Waals surface area contributed by atoms with Crippen molar-refractivity contribution in [2.45, 2.75) is 6.92 Å². The highest BCUT2D eigenvalue weighted by Crippen LogP contribution is 2.03. The number of carbonyl (C=O) groups is 1. The number of thiocarbonyl (C=S) groups is 1. The first-order valence-electron chi connectivity index (χ1n) is 4.49. The maximum absolute atomic E-state index is 11.7. The summed E-state index contributed by atoms with van der Waals surface area (Å²) in [6.45, 7) is 1.95. The first-order valence-corrected chi connectivity index (χ1v) is 5.35. The van der Waals surface area contributed by atoms with E-state index < -0.39 is 0 Å². The van der Waals surface area contributed by atoms with E-state index >= 15 is 0 Å². The van der Waals surface area contributed by atoms with Crippen LogP contribution in [0.5, 0.6) is 0 Å². The van der Waals surface area contributed by atoms with Crippen LogP contribution in [0.25, 0.3) is 0 Å². The number of hydroxylamine groups is 1. The van der Waals surface area contributed by atoms with Crippen LogP contribution in [0.2, 0.25) is 0 Å². The van der Waals surface area contributed by atoms with Crippen molar-refractivity contribution in [2.24, 2.45) is 0 Å². The van der Waals surface area contributed by atoms with Crippen LogP contribution < -0.4 is 5.43 Å². The van der Waals surface area contributed by atoms with Crippen LogP contribution in [0.3, 0.4) is 0 Å². The Labute approximate surface area is 105 Å². The fourth-order valence-electron chi connectivity index (χ4n) is 1.03. The van der Waals surface area contributed by atoms with Crippen molar-refractivity contribution < 1.29 is 9.63 Å². The van der Waals surface area contributed by atoms with Crippen LogP contribution in [-0.4, -0.2) is 22.5 Å². The first kappa shape index (κ1) is 13.0. The minimum Gasteiger partial charge on any atom is -0.267 e. The summed E-state index contributed by atoms with van der Waals surface area (Å²) in [5, 5.41) is 1.01. The van der Waals surface area contributed by atoms with Gasteiger partial charge in [0.1, 0.15) is 0 Å². The molecule has 0 saturated heterocycles. The highest BCUT2D eigenvalue weighted by molar-refractivity contribution is 8.10. The molecular weight excluding hydrogens is 244 g/mol. The molecular formula is C10H12N2O2S2. The standard InChI is InChI=1S/C10H12N2O2S2/c1-7-3-5-8(6-4-7)9(13)11-12(14-2)10(15)16/h3-6H,1-2H3,(H,11,13)(H,15,16). The van der Waals surface area contributed by atoms with Crippen molar-refractivity contribution in [3.05, 3.63) is 35.4 Å². The minimum atomic E-state index is -0.307. The molecule has 16 heavy (non-hydrogen) atoms. The number of amides is 1. The highest BCUT2D eigenvalue weighted by Gasteiger charge is 2.11.